The second-order valence-electron chi connectivity index (χ2n) is 8.53. The fourth-order valence-corrected chi connectivity index (χ4v) is 5.09. The first kappa shape index (κ1) is 23.3. The third-order valence-electron chi connectivity index (χ3n) is 6.60. The van der Waals surface area contributed by atoms with Gasteiger partial charge in [0.1, 0.15) is 11.5 Å². The molecule has 10 nitrogen and oxygen atoms in total. The molecule has 11 heteroatoms. The van der Waals surface area contributed by atoms with Crippen LogP contribution in [0.15, 0.2) is 15.7 Å². The van der Waals surface area contributed by atoms with E-state index in [1.165, 1.54) is 13.2 Å². The van der Waals surface area contributed by atoms with Crippen molar-refractivity contribution in [3.63, 3.8) is 0 Å². The molecule has 4 N–H and O–H groups in total. The van der Waals surface area contributed by atoms with E-state index >= 15 is 0 Å². The molecule has 33 heavy (non-hydrogen) atoms. The third kappa shape index (κ3) is 4.03. The zero-order valence-electron chi connectivity index (χ0n) is 17.9. The summed E-state index contributed by atoms with van der Waals surface area (Å²) in [5, 5.41) is 19.7. The van der Waals surface area contributed by atoms with Crippen LogP contribution in [0.4, 0.5) is 0 Å². The molecule has 0 saturated carbocycles. The first-order valence-corrected chi connectivity index (χ1v) is 10.7. The molecule has 2 fully saturated rings. The first-order chi connectivity index (χ1) is 15.4. The average molecular weight is 481 g/mol. The maximum absolute atomic E-state index is 11.8. The first-order valence-electron chi connectivity index (χ1n) is 10.7. The highest BCUT2D eigenvalue weighted by Crippen LogP contribution is 2.43. The standard InChI is InChI=1S/C12H13NO5.C10H11NO3.ClH/c1-17-12(16)8-10(14)6-4-5-2-3-7(18-5)9(6)13-11(8)15;12-7-4-9(13)11-10-6(7)3-5-1-2-8(10)14-5;/h5,7H,2-4H2,1H3,(H2,13,14,15);4-5,8H,1-3H2,(H2,11,12,13);1H. The fourth-order valence-electron chi connectivity index (χ4n) is 5.09. The molecule has 0 spiro atoms. The number of carbonyl (C=O) groups excluding carboxylic acids is 1. The lowest BCUT2D eigenvalue weighted by Gasteiger charge is -2.24. The van der Waals surface area contributed by atoms with Gasteiger partial charge in [-0.15, -0.1) is 12.4 Å². The van der Waals surface area contributed by atoms with E-state index in [4.69, 9.17) is 9.47 Å². The Balaban J connectivity index is 0.000000157. The number of esters is 1. The number of pyridine rings is 2. The molecule has 4 aliphatic heterocycles. The topological polar surface area (TPSA) is 151 Å². The Bertz CT molecular complexity index is 1210. The van der Waals surface area contributed by atoms with E-state index < -0.39 is 11.5 Å². The third-order valence-corrected chi connectivity index (χ3v) is 6.60. The summed E-state index contributed by atoms with van der Waals surface area (Å²) in [5.41, 5.74) is 1.64. The number of fused-ring (bicyclic) bond motifs is 8. The number of rotatable bonds is 1. The van der Waals surface area contributed by atoms with E-state index in [-0.39, 0.29) is 59.4 Å². The molecule has 6 heterocycles. The summed E-state index contributed by atoms with van der Waals surface area (Å²) < 4.78 is 15.8. The van der Waals surface area contributed by atoms with Gasteiger partial charge in [0.25, 0.3) is 11.1 Å². The van der Waals surface area contributed by atoms with Gasteiger partial charge in [-0.05, 0) is 25.7 Å². The van der Waals surface area contributed by atoms with E-state index in [1.807, 2.05) is 0 Å². The number of aromatic nitrogens is 2. The molecule has 2 aromatic rings. The van der Waals surface area contributed by atoms with E-state index in [0.29, 0.717) is 24.1 Å². The predicted octanol–water partition coefficient (Wildman–Crippen LogP) is 1.92. The lowest BCUT2D eigenvalue weighted by atomic mass is 10.00. The zero-order chi connectivity index (χ0) is 22.6. The maximum atomic E-state index is 11.8. The second-order valence-corrected chi connectivity index (χ2v) is 8.53. The SMILES string of the molecule is COC(=O)c1c(O)c2c([nH]c1=O)C1CCC(C2)O1.Cl.O=c1cc(O)c2c([nH]1)C1CCC(C2)O1. The molecule has 0 aliphatic carbocycles. The van der Waals surface area contributed by atoms with Gasteiger partial charge in [0.05, 0.1) is 42.9 Å². The van der Waals surface area contributed by atoms with Crippen molar-refractivity contribution in [2.45, 2.75) is 62.9 Å². The summed E-state index contributed by atoms with van der Waals surface area (Å²) in [4.78, 5) is 39.9. The molecule has 4 aliphatic rings. The van der Waals surface area contributed by atoms with Crippen molar-refractivity contribution in [3.8, 4) is 11.5 Å². The summed E-state index contributed by atoms with van der Waals surface area (Å²) >= 11 is 0. The molecule has 4 atom stereocenters. The second kappa shape index (κ2) is 8.85. The number of carbonyl (C=O) groups is 1. The van der Waals surface area contributed by atoms with Crippen molar-refractivity contribution in [2.75, 3.05) is 7.11 Å². The predicted molar refractivity (Wildman–Crippen MR) is 117 cm³/mol. The monoisotopic (exact) mass is 480 g/mol. The molecule has 2 aromatic heterocycles. The van der Waals surface area contributed by atoms with Crippen LogP contribution in [0.2, 0.25) is 0 Å². The van der Waals surface area contributed by atoms with Crippen molar-refractivity contribution >= 4 is 18.4 Å². The van der Waals surface area contributed by atoms with E-state index in [9.17, 15) is 24.6 Å². The largest absolute Gasteiger partial charge is 0.507 e. The Hall–Kier alpha value is -2.82. The van der Waals surface area contributed by atoms with Crippen LogP contribution >= 0.6 is 12.4 Å². The molecule has 2 saturated heterocycles. The fraction of sp³-hybridized carbons (Fsp3) is 0.500. The van der Waals surface area contributed by atoms with Crippen LogP contribution in [0.3, 0.4) is 0 Å². The minimum absolute atomic E-state index is 0. The molecular weight excluding hydrogens is 456 g/mol. The van der Waals surface area contributed by atoms with Gasteiger partial charge < -0.3 is 34.4 Å². The minimum Gasteiger partial charge on any atom is -0.507 e. The Labute approximate surface area is 194 Å². The zero-order valence-corrected chi connectivity index (χ0v) is 18.7. The number of nitrogens with one attached hydrogen (secondary N) is 2. The van der Waals surface area contributed by atoms with Gasteiger partial charge in [-0.25, -0.2) is 4.79 Å². The number of aromatic hydroxyl groups is 2. The van der Waals surface area contributed by atoms with Gasteiger partial charge in [-0.3, -0.25) is 9.59 Å². The van der Waals surface area contributed by atoms with Crippen molar-refractivity contribution in [1.29, 1.82) is 0 Å². The molecule has 4 bridgehead atoms. The number of hydrogen-bond donors (Lipinski definition) is 4. The lowest BCUT2D eigenvalue weighted by Crippen LogP contribution is -2.27. The van der Waals surface area contributed by atoms with Crippen LogP contribution in [-0.4, -0.2) is 45.5 Å². The van der Waals surface area contributed by atoms with Crippen LogP contribution in [0.1, 0.15) is 70.8 Å². The smallest absolute Gasteiger partial charge is 0.347 e. The van der Waals surface area contributed by atoms with Crippen molar-refractivity contribution in [3.05, 3.63) is 54.9 Å². The Kier molecular flexibility index (Phi) is 6.26. The Morgan fingerprint density at radius 3 is 2.15 bits per heavy atom. The van der Waals surface area contributed by atoms with Gasteiger partial charge in [0.2, 0.25) is 0 Å². The normalized spacial score (nSPS) is 25.7. The number of H-pyrrole nitrogens is 2. The van der Waals surface area contributed by atoms with Crippen LogP contribution in [0, 0.1) is 0 Å². The Morgan fingerprint density at radius 2 is 1.55 bits per heavy atom. The highest BCUT2D eigenvalue weighted by Gasteiger charge is 2.38. The van der Waals surface area contributed by atoms with Crippen LogP contribution in [0.25, 0.3) is 0 Å². The highest BCUT2D eigenvalue weighted by molar-refractivity contribution is 5.92. The van der Waals surface area contributed by atoms with E-state index in [0.717, 1.165) is 36.9 Å². The average Bonchev–Trinajstić information content (AvgIpc) is 3.35. The number of methoxy groups -OCH3 is 1. The van der Waals surface area contributed by atoms with Crippen molar-refractivity contribution in [1.82, 2.24) is 9.97 Å². The summed E-state index contributed by atoms with van der Waals surface area (Å²) in [5.74, 6) is -0.972. The number of hydrogen-bond acceptors (Lipinski definition) is 8. The minimum atomic E-state index is -0.824. The molecule has 6 rings (SSSR count). The van der Waals surface area contributed by atoms with Gasteiger partial charge in [-0.2, -0.15) is 0 Å². The number of aromatic amines is 2. The molecule has 4 unspecified atom stereocenters. The van der Waals surface area contributed by atoms with E-state index in [1.54, 1.807) is 0 Å². The highest BCUT2D eigenvalue weighted by atomic mass is 35.5. The summed E-state index contributed by atoms with van der Waals surface area (Å²) in [7, 11) is 1.17. The number of halogens is 1. The lowest BCUT2D eigenvalue weighted by molar-refractivity contribution is 0.0281. The molecule has 0 radical (unpaired) electrons. The molecule has 0 aromatic carbocycles. The van der Waals surface area contributed by atoms with Gasteiger partial charge in [0, 0.05) is 30.0 Å². The number of ether oxygens (including phenoxy) is 3. The molecule has 0 amide bonds. The molecule has 178 valence electrons. The summed E-state index contributed by atoms with van der Waals surface area (Å²) in [6.45, 7) is 0. The van der Waals surface area contributed by atoms with Gasteiger partial charge >= 0.3 is 5.97 Å². The Morgan fingerprint density at radius 1 is 0.970 bits per heavy atom. The van der Waals surface area contributed by atoms with Crippen molar-refractivity contribution < 1.29 is 29.2 Å². The van der Waals surface area contributed by atoms with Gasteiger partial charge in [-0.1, -0.05) is 0 Å². The quantitative estimate of drug-likeness (QED) is 0.452. The van der Waals surface area contributed by atoms with Crippen LogP contribution < -0.4 is 11.1 Å². The van der Waals surface area contributed by atoms with Crippen LogP contribution in [0.5, 0.6) is 11.5 Å². The molecular formula is C22H25ClN2O8. The summed E-state index contributed by atoms with van der Waals surface area (Å²) in [6, 6.07) is 1.24. The van der Waals surface area contributed by atoms with Crippen molar-refractivity contribution in [2.24, 2.45) is 0 Å². The summed E-state index contributed by atoms with van der Waals surface area (Å²) in [6.07, 6.45) is 5.01. The van der Waals surface area contributed by atoms with Gasteiger partial charge in [0.15, 0.2) is 5.56 Å². The maximum Gasteiger partial charge on any atom is 0.347 e. The van der Waals surface area contributed by atoms with E-state index in [2.05, 4.69) is 14.7 Å². The van der Waals surface area contributed by atoms with Crippen LogP contribution in [-0.2, 0) is 27.1 Å².